The molecule has 0 aliphatic carbocycles. The average molecular weight is 398 g/mol. The molecule has 0 aromatic carbocycles. The highest BCUT2D eigenvalue weighted by molar-refractivity contribution is 5.74. The van der Waals surface area contributed by atoms with Crippen LogP contribution in [0.3, 0.4) is 0 Å². The van der Waals surface area contributed by atoms with Crippen molar-refractivity contribution in [1.29, 1.82) is 0 Å². The summed E-state index contributed by atoms with van der Waals surface area (Å²) in [5.74, 6) is 0.997. The molecule has 154 valence electrons. The zero-order valence-electron chi connectivity index (χ0n) is 17.3. The molecule has 0 bridgehead atoms. The molecule has 3 aromatic heterocycles. The third-order valence-electron chi connectivity index (χ3n) is 4.39. The minimum atomic E-state index is -0.124. The Morgan fingerprint density at radius 3 is 2.72 bits per heavy atom. The van der Waals surface area contributed by atoms with Crippen LogP contribution in [0.4, 0.5) is 4.79 Å². The number of imidazole rings is 1. The van der Waals surface area contributed by atoms with Crippen LogP contribution in [0.25, 0.3) is 16.9 Å². The van der Waals surface area contributed by atoms with Gasteiger partial charge in [0.05, 0.1) is 38.3 Å². The highest BCUT2D eigenvalue weighted by Gasteiger charge is 2.17. The van der Waals surface area contributed by atoms with E-state index in [0.717, 1.165) is 11.3 Å². The number of hydrogen-bond donors (Lipinski definition) is 1. The highest BCUT2D eigenvalue weighted by atomic mass is 16.5. The molecule has 3 aromatic rings. The van der Waals surface area contributed by atoms with Crippen molar-refractivity contribution in [2.24, 2.45) is 0 Å². The first-order chi connectivity index (χ1) is 14.0. The van der Waals surface area contributed by atoms with Gasteiger partial charge in [0.2, 0.25) is 0 Å². The molecule has 2 amide bonds. The van der Waals surface area contributed by atoms with Crippen LogP contribution in [-0.2, 0) is 6.54 Å². The van der Waals surface area contributed by atoms with Crippen molar-refractivity contribution in [3.8, 4) is 22.9 Å². The average Bonchev–Trinajstić information content (AvgIpc) is 3.19. The molecular formula is C20H26N6O3. The molecule has 29 heavy (non-hydrogen) atoms. The molecule has 0 unspecified atom stereocenters. The summed E-state index contributed by atoms with van der Waals surface area (Å²) < 4.78 is 12.7. The van der Waals surface area contributed by atoms with Gasteiger partial charge in [-0.3, -0.25) is 4.98 Å². The maximum absolute atomic E-state index is 12.4. The lowest BCUT2D eigenvalue weighted by Gasteiger charge is -2.23. The van der Waals surface area contributed by atoms with E-state index >= 15 is 0 Å². The quantitative estimate of drug-likeness (QED) is 0.658. The van der Waals surface area contributed by atoms with Gasteiger partial charge in [-0.2, -0.15) is 0 Å². The topological polar surface area (TPSA) is 93.9 Å². The van der Waals surface area contributed by atoms with Gasteiger partial charge >= 0.3 is 6.03 Å². The van der Waals surface area contributed by atoms with E-state index in [-0.39, 0.29) is 12.1 Å². The Bertz CT molecular complexity index is 1000. The van der Waals surface area contributed by atoms with Crippen LogP contribution in [0.15, 0.2) is 30.9 Å². The lowest BCUT2D eigenvalue weighted by molar-refractivity contribution is 0.195. The number of rotatable bonds is 7. The van der Waals surface area contributed by atoms with Crippen molar-refractivity contribution in [2.45, 2.75) is 33.4 Å². The van der Waals surface area contributed by atoms with E-state index in [1.165, 1.54) is 0 Å². The standard InChI is InChI=1S/C20H26N6O3/c1-6-25(20(27)23-13(2)3)11-14-9-15(17(28-4)10-22-14)16-12-26-8-7-21-18(26)19(24-16)29-5/h7-10,12-13H,6,11H2,1-5H3,(H,23,27). The van der Waals surface area contributed by atoms with E-state index in [1.54, 1.807) is 31.5 Å². The number of urea groups is 1. The second-order valence-electron chi connectivity index (χ2n) is 6.79. The monoisotopic (exact) mass is 398 g/mol. The van der Waals surface area contributed by atoms with E-state index in [4.69, 9.17) is 9.47 Å². The van der Waals surface area contributed by atoms with Crippen LogP contribution in [0.1, 0.15) is 26.5 Å². The fourth-order valence-corrected chi connectivity index (χ4v) is 2.97. The molecule has 0 spiro atoms. The molecule has 9 heteroatoms. The molecule has 3 rings (SSSR count). The van der Waals surface area contributed by atoms with E-state index in [9.17, 15) is 4.79 Å². The largest absolute Gasteiger partial charge is 0.494 e. The van der Waals surface area contributed by atoms with Crippen molar-refractivity contribution in [2.75, 3.05) is 20.8 Å². The molecular weight excluding hydrogens is 372 g/mol. The Morgan fingerprint density at radius 1 is 1.28 bits per heavy atom. The van der Waals surface area contributed by atoms with Gasteiger partial charge < -0.3 is 24.1 Å². The third kappa shape index (κ3) is 4.39. The lowest BCUT2D eigenvalue weighted by atomic mass is 10.1. The van der Waals surface area contributed by atoms with Crippen LogP contribution in [0.2, 0.25) is 0 Å². The number of hydrogen-bond acceptors (Lipinski definition) is 6. The number of carbonyl (C=O) groups excluding carboxylic acids is 1. The van der Waals surface area contributed by atoms with E-state index < -0.39 is 0 Å². The molecule has 0 fully saturated rings. The summed E-state index contributed by atoms with van der Waals surface area (Å²) in [6.07, 6.45) is 7.01. The second-order valence-corrected chi connectivity index (χ2v) is 6.79. The first-order valence-corrected chi connectivity index (χ1v) is 9.43. The Hall–Kier alpha value is -3.36. The van der Waals surface area contributed by atoms with Crippen LogP contribution < -0.4 is 14.8 Å². The van der Waals surface area contributed by atoms with Gasteiger partial charge in [0.15, 0.2) is 5.65 Å². The number of pyridine rings is 1. The molecule has 1 N–H and O–H groups in total. The number of amides is 2. The summed E-state index contributed by atoms with van der Waals surface area (Å²) in [5.41, 5.74) is 2.77. The molecule has 0 saturated carbocycles. The Kier molecular flexibility index (Phi) is 6.16. The summed E-state index contributed by atoms with van der Waals surface area (Å²) in [6, 6.07) is 1.82. The maximum Gasteiger partial charge on any atom is 0.317 e. The molecule has 9 nitrogen and oxygen atoms in total. The molecule has 0 saturated heterocycles. The summed E-state index contributed by atoms with van der Waals surface area (Å²) in [4.78, 5) is 27.4. The molecule has 0 atom stereocenters. The zero-order valence-corrected chi connectivity index (χ0v) is 17.3. The third-order valence-corrected chi connectivity index (χ3v) is 4.39. The first-order valence-electron chi connectivity index (χ1n) is 9.43. The second kappa shape index (κ2) is 8.76. The Labute approximate surface area is 169 Å². The molecule has 3 heterocycles. The Balaban J connectivity index is 1.98. The number of fused-ring (bicyclic) bond motifs is 1. The normalized spacial score (nSPS) is 11.0. The van der Waals surface area contributed by atoms with Gasteiger partial charge in [-0.1, -0.05) is 0 Å². The van der Waals surface area contributed by atoms with Gasteiger partial charge in [0.25, 0.3) is 5.88 Å². The van der Waals surface area contributed by atoms with Crippen molar-refractivity contribution in [3.63, 3.8) is 0 Å². The van der Waals surface area contributed by atoms with E-state index in [2.05, 4.69) is 20.3 Å². The van der Waals surface area contributed by atoms with Crippen LogP contribution in [0, 0.1) is 0 Å². The summed E-state index contributed by atoms with van der Waals surface area (Å²) >= 11 is 0. The maximum atomic E-state index is 12.4. The number of ether oxygens (including phenoxy) is 2. The van der Waals surface area contributed by atoms with Gasteiger partial charge in [-0.15, -0.1) is 0 Å². The predicted octanol–water partition coefficient (Wildman–Crippen LogP) is 2.75. The smallest absolute Gasteiger partial charge is 0.317 e. The van der Waals surface area contributed by atoms with Gasteiger partial charge in [0, 0.05) is 36.7 Å². The molecule has 0 aliphatic rings. The molecule has 0 radical (unpaired) electrons. The predicted molar refractivity (Wildman–Crippen MR) is 109 cm³/mol. The van der Waals surface area contributed by atoms with Crippen molar-refractivity contribution in [3.05, 3.63) is 36.5 Å². The number of methoxy groups -OCH3 is 2. The highest BCUT2D eigenvalue weighted by Crippen LogP contribution is 2.31. The minimum Gasteiger partial charge on any atom is -0.494 e. The summed E-state index contributed by atoms with van der Waals surface area (Å²) in [7, 11) is 3.14. The van der Waals surface area contributed by atoms with Crippen LogP contribution in [-0.4, -0.2) is 57.1 Å². The number of carbonyl (C=O) groups is 1. The summed E-state index contributed by atoms with van der Waals surface area (Å²) in [5, 5.41) is 2.91. The SMILES string of the molecule is CCN(Cc1cc(-c2cn3ccnc3c(OC)n2)c(OC)cn1)C(=O)NC(C)C. The van der Waals surface area contributed by atoms with Gasteiger partial charge in [-0.05, 0) is 26.8 Å². The zero-order chi connectivity index (χ0) is 21.0. The summed E-state index contributed by atoms with van der Waals surface area (Å²) in [6.45, 7) is 6.73. The fourth-order valence-electron chi connectivity index (χ4n) is 2.97. The van der Waals surface area contributed by atoms with Crippen LogP contribution >= 0.6 is 0 Å². The van der Waals surface area contributed by atoms with E-state index in [1.807, 2.05) is 43.6 Å². The van der Waals surface area contributed by atoms with Gasteiger partial charge in [0.1, 0.15) is 5.75 Å². The van der Waals surface area contributed by atoms with Crippen molar-refractivity contribution < 1.29 is 14.3 Å². The minimum absolute atomic E-state index is 0.0644. The lowest BCUT2D eigenvalue weighted by Crippen LogP contribution is -2.42. The molecule has 0 aliphatic heterocycles. The van der Waals surface area contributed by atoms with E-state index in [0.29, 0.717) is 36.1 Å². The number of aromatic nitrogens is 4. The number of nitrogens with one attached hydrogen (secondary N) is 1. The number of nitrogens with zero attached hydrogens (tertiary/aromatic N) is 5. The Morgan fingerprint density at radius 2 is 2.07 bits per heavy atom. The van der Waals surface area contributed by atoms with Crippen molar-refractivity contribution in [1.82, 2.24) is 29.6 Å². The van der Waals surface area contributed by atoms with Crippen molar-refractivity contribution >= 4 is 11.7 Å². The van der Waals surface area contributed by atoms with Gasteiger partial charge in [-0.25, -0.2) is 14.8 Å². The first kappa shape index (κ1) is 20.4. The fraction of sp³-hybridized carbons (Fsp3) is 0.400. The van der Waals surface area contributed by atoms with Crippen LogP contribution in [0.5, 0.6) is 11.6 Å².